The van der Waals surface area contributed by atoms with Gasteiger partial charge in [-0.1, -0.05) is 6.07 Å². The van der Waals surface area contributed by atoms with Crippen LogP contribution in [-0.2, 0) is 11.3 Å². The summed E-state index contributed by atoms with van der Waals surface area (Å²) in [6.07, 6.45) is 0.734. The molecule has 0 spiro atoms. The van der Waals surface area contributed by atoms with Crippen LogP contribution in [0.3, 0.4) is 0 Å². The Hall–Kier alpha value is -2.19. The SMILES string of the molecule is CC(C)(C)OC(=O)N1C[C@@H]2C[C@H]1CN2Cc1ccc2cc(C(=O)O)sc2n1. The molecule has 2 aromatic heterocycles. The molecule has 2 aliphatic rings. The van der Waals surface area contributed by atoms with Crippen LogP contribution in [0.15, 0.2) is 18.2 Å². The van der Waals surface area contributed by atoms with Crippen LogP contribution >= 0.6 is 11.3 Å². The van der Waals surface area contributed by atoms with Gasteiger partial charge in [0.1, 0.15) is 15.3 Å². The molecule has 27 heavy (non-hydrogen) atoms. The van der Waals surface area contributed by atoms with Gasteiger partial charge >= 0.3 is 12.1 Å². The van der Waals surface area contributed by atoms with E-state index in [-0.39, 0.29) is 12.1 Å². The lowest BCUT2D eigenvalue weighted by atomic mass is 10.2. The second-order valence-corrected chi connectivity index (χ2v) is 9.25. The first-order chi connectivity index (χ1) is 12.7. The summed E-state index contributed by atoms with van der Waals surface area (Å²) in [5.41, 5.74) is 0.450. The number of likely N-dealkylation sites (tertiary alicyclic amines) is 2. The molecule has 2 atom stereocenters. The third kappa shape index (κ3) is 3.64. The molecule has 2 fully saturated rings. The van der Waals surface area contributed by atoms with E-state index in [1.54, 1.807) is 6.07 Å². The molecule has 144 valence electrons. The largest absolute Gasteiger partial charge is 0.477 e. The predicted molar refractivity (Wildman–Crippen MR) is 102 cm³/mol. The van der Waals surface area contributed by atoms with Crippen molar-refractivity contribution in [1.29, 1.82) is 0 Å². The number of thiophene rings is 1. The Morgan fingerprint density at radius 3 is 2.70 bits per heavy atom. The number of pyridine rings is 1. The Labute approximate surface area is 161 Å². The molecule has 4 heterocycles. The lowest BCUT2D eigenvalue weighted by molar-refractivity contribution is 0.0123. The molecule has 2 aromatic rings. The summed E-state index contributed by atoms with van der Waals surface area (Å²) in [4.78, 5) is 33.4. The van der Waals surface area contributed by atoms with E-state index in [0.29, 0.717) is 24.0 Å². The van der Waals surface area contributed by atoms with Crippen LogP contribution < -0.4 is 0 Å². The zero-order valence-corrected chi connectivity index (χ0v) is 16.5. The molecular formula is C19H23N3O4S. The van der Waals surface area contributed by atoms with Gasteiger partial charge in [-0.05, 0) is 39.3 Å². The molecule has 0 aromatic carbocycles. The number of amides is 1. The molecule has 0 aliphatic carbocycles. The molecule has 2 bridgehead atoms. The molecule has 4 rings (SSSR count). The van der Waals surface area contributed by atoms with Gasteiger partial charge in [0.15, 0.2) is 0 Å². The molecule has 2 aliphatic heterocycles. The number of aromatic nitrogens is 1. The summed E-state index contributed by atoms with van der Waals surface area (Å²) in [6.45, 7) is 7.85. The highest BCUT2D eigenvalue weighted by Gasteiger charge is 2.46. The van der Waals surface area contributed by atoms with Gasteiger partial charge in [-0.25, -0.2) is 14.6 Å². The van der Waals surface area contributed by atoms with Crippen molar-refractivity contribution in [2.24, 2.45) is 0 Å². The van der Waals surface area contributed by atoms with Crippen molar-refractivity contribution in [3.63, 3.8) is 0 Å². The summed E-state index contributed by atoms with van der Waals surface area (Å²) in [6, 6.07) is 6.06. The second kappa shape index (κ2) is 6.45. The van der Waals surface area contributed by atoms with Crippen LogP contribution in [0.2, 0.25) is 0 Å². The van der Waals surface area contributed by atoms with Gasteiger partial charge in [0.25, 0.3) is 0 Å². The van der Waals surface area contributed by atoms with Gasteiger partial charge in [0.05, 0.1) is 5.69 Å². The zero-order chi connectivity index (χ0) is 19.3. The zero-order valence-electron chi connectivity index (χ0n) is 15.6. The Bertz CT molecular complexity index is 904. The van der Waals surface area contributed by atoms with Crippen molar-refractivity contribution in [3.05, 3.63) is 28.8 Å². The third-order valence-electron chi connectivity index (χ3n) is 5.00. The number of hydrogen-bond acceptors (Lipinski definition) is 6. The number of carbonyl (C=O) groups excluding carboxylic acids is 1. The average Bonchev–Trinajstić information content (AvgIpc) is 3.25. The van der Waals surface area contributed by atoms with Crippen LogP contribution in [-0.4, -0.2) is 62.7 Å². The number of fused-ring (bicyclic) bond motifs is 3. The van der Waals surface area contributed by atoms with Crippen molar-refractivity contribution in [2.45, 2.75) is 51.4 Å². The van der Waals surface area contributed by atoms with E-state index in [1.165, 1.54) is 11.3 Å². The molecule has 2 saturated heterocycles. The number of hydrogen-bond donors (Lipinski definition) is 1. The maximum Gasteiger partial charge on any atom is 0.410 e. The molecule has 0 saturated carbocycles. The summed E-state index contributed by atoms with van der Waals surface area (Å²) < 4.78 is 5.51. The molecule has 1 amide bonds. The fraction of sp³-hybridized carbons (Fsp3) is 0.526. The van der Waals surface area contributed by atoms with E-state index in [4.69, 9.17) is 9.84 Å². The van der Waals surface area contributed by atoms with Crippen LogP contribution in [0.1, 0.15) is 42.6 Å². The maximum absolute atomic E-state index is 12.3. The topological polar surface area (TPSA) is 83.0 Å². The molecule has 0 unspecified atom stereocenters. The smallest absolute Gasteiger partial charge is 0.410 e. The average molecular weight is 389 g/mol. The van der Waals surface area contributed by atoms with E-state index in [2.05, 4.69) is 9.88 Å². The third-order valence-corrected chi connectivity index (χ3v) is 6.03. The standard InChI is InChI=1S/C19H23N3O4S/c1-19(2,3)26-18(25)22-10-13-7-14(22)9-21(13)8-12-5-4-11-6-15(17(23)24)27-16(11)20-12/h4-6,13-14H,7-10H2,1-3H3,(H,23,24)/t13-,14-/m0/s1. The Morgan fingerprint density at radius 2 is 2.07 bits per heavy atom. The number of ether oxygens (including phenoxy) is 1. The number of carboxylic acid groups (broad SMARTS) is 1. The molecule has 7 nitrogen and oxygen atoms in total. The summed E-state index contributed by atoms with van der Waals surface area (Å²) >= 11 is 1.20. The lowest BCUT2D eigenvalue weighted by Gasteiger charge is -2.35. The van der Waals surface area contributed by atoms with E-state index in [0.717, 1.165) is 28.9 Å². The second-order valence-electron chi connectivity index (χ2n) is 8.22. The van der Waals surface area contributed by atoms with Gasteiger partial charge in [0.2, 0.25) is 0 Å². The van der Waals surface area contributed by atoms with E-state index < -0.39 is 11.6 Å². The first kappa shape index (κ1) is 18.2. The highest BCUT2D eigenvalue weighted by atomic mass is 32.1. The van der Waals surface area contributed by atoms with Crippen LogP contribution in [0, 0.1) is 0 Å². The van der Waals surface area contributed by atoms with Gasteiger partial charge in [-0.2, -0.15) is 0 Å². The minimum Gasteiger partial charge on any atom is -0.477 e. The number of rotatable bonds is 3. The maximum atomic E-state index is 12.3. The lowest BCUT2D eigenvalue weighted by Crippen LogP contribution is -2.49. The fourth-order valence-corrected chi connectivity index (χ4v) is 4.73. The van der Waals surface area contributed by atoms with Gasteiger partial charge in [-0.15, -0.1) is 11.3 Å². The first-order valence-corrected chi connectivity index (χ1v) is 9.88. The normalized spacial score (nSPS) is 22.6. The fourth-order valence-electron chi connectivity index (χ4n) is 3.84. The Morgan fingerprint density at radius 1 is 1.30 bits per heavy atom. The van der Waals surface area contributed by atoms with Crippen molar-refractivity contribution < 1.29 is 19.4 Å². The number of carboxylic acids is 1. The van der Waals surface area contributed by atoms with Crippen molar-refractivity contribution in [1.82, 2.24) is 14.8 Å². The highest BCUT2D eigenvalue weighted by molar-refractivity contribution is 7.20. The summed E-state index contributed by atoms with van der Waals surface area (Å²) in [7, 11) is 0. The summed E-state index contributed by atoms with van der Waals surface area (Å²) in [5.74, 6) is -0.918. The van der Waals surface area contributed by atoms with E-state index >= 15 is 0 Å². The highest BCUT2D eigenvalue weighted by Crippen LogP contribution is 2.33. The number of piperazine rings is 1. The van der Waals surface area contributed by atoms with Gasteiger partial charge in [0, 0.05) is 37.1 Å². The minimum absolute atomic E-state index is 0.189. The summed E-state index contributed by atoms with van der Waals surface area (Å²) in [5, 5.41) is 9.99. The Kier molecular flexibility index (Phi) is 4.35. The van der Waals surface area contributed by atoms with Gasteiger partial charge in [-0.3, -0.25) is 4.90 Å². The van der Waals surface area contributed by atoms with E-state index in [1.807, 2.05) is 37.8 Å². The van der Waals surface area contributed by atoms with Crippen LogP contribution in [0.4, 0.5) is 4.79 Å². The molecule has 8 heteroatoms. The monoisotopic (exact) mass is 389 g/mol. The van der Waals surface area contributed by atoms with Crippen LogP contribution in [0.5, 0.6) is 0 Å². The van der Waals surface area contributed by atoms with Crippen LogP contribution in [0.25, 0.3) is 10.2 Å². The molecule has 1 N–H and O–H groups in total. The number of aromatic carboxylic acids is 1. The Balaban J connectivity index is 1.42. The van der Waals surface area contributed by atoms with Crippen molar-refractivity contribution in [2.75, 3.05) is 13.1 Å². The quantitative estimate of drug-likeness (QED) is 0.868. The predicted octanol–water partition coefficient (Wildman–Crippen LogP) is 3.19. The van der Waals surface area contributed by atoms with Gasteiger partial charge < -0.3 is 14.7 Å². The minimum atomic E-state index is -0.918. The number of carbonyl (C=O) groups is 2. The first-order valence-electron chi connectivity index (χ1n) is 9.06. The van der Waals surface area contributed by atoms with E-state index in [9.17, 15) is 9.59 Å². The number of nitrogens with zero attached hydrogens (tertiary/aromatic N) is 3. The molecule has 0 radical (unpaired) electrons. The molecular weight excluding hydrogens is 366 g/mol. The van der Waals surface area contributed by atoms with Crippen molar-refractivity contribution in [3.8, 4) is 0 Å². The van der Waals surface area contributed by atoms with Crippen molar-refractivity contribution >= 4 is 33.6 Å².